The number of carbonyl (C=O) groups is 1. The maximum atomic E-state index is 12.4. The van der Waals surface area contributed by atoms with Gasteiger partial charge in [0.05, 0.1) is 21.5 Å². The topological polar surface area (TPSA) is 59.8 Å². The number of amides is 1. The number of halogens is 2. The van der Waals surface area contributed by atoms with E-state index in [0.29, 0.717) is 27.4 Å². The summed E-state index contributed by atoms with van der Waals surface area (Å²) in [6.45, 7) is 4.58. The van der Waals surface area contributed by atoms with Crippen LogP contribution in [0.5, 0.6) is 0 Å². The van der Waals surface area contributed by atoms with Crippen molar-refractivity contribution in [2.45, 2.75) is 25.5 Å². The summed E-state index contributed by atoms with van der Waals surface area (Å²) >= 11 is 13.7. The Balaban J connectivity index is 1.71. The smallest absolute Gasteiger partial charge is 0.234 e. The molecule has 1 aromatic heterocycles. The van der Waals surface area contributed by atoms with Gasteiger partial charge in [-0.2, -0.15) is 0 Å². The van der Waals surface area contributed by atoms with Gasteiger partial charge in [0.15, 0.2) is 11.0 Å². The fourth-order valence-electron chi connectivity index (χ4n) is 2.56. The maximum absolute atomic E-state index is 12.4. The molecule has 3 rings (SSSR count). The lowest BCUT2D eigenvalue weighted by atomic mass is 10.2. The summed E-state index contributed by atoms with van der Waals surface area (Å²) in [6, 6.07) is 13.4. The number of hydrogen-bond donors (Lipinski definition) is 1. The van der Waals surface area contributed by atoms with Crippen molar-refractivity contribution in [2.24, 2.45) is 0 Å². The molecule has 0 saturated heterocycles. The minimum absolute atomic E-state index is 0.174. The first-order chi connectivity index (χ1) is 13.0. The predicted molar refractivity (Wildman–Crippen MR) is 112 cm³/mol. The third-order valence-electron chi connectivity index (χ3n) is 3.95. The third-order valence-corrected chi connectivity index (χ3v) is 5.71. The predicted octanol–water partition coefficient (Wildman–Crippen LogP) is 5.31. The Morgan fingerprint density at radius 3 is 2.59 bits per heavy atom. The molecule has 0 spiro atoms. The lowest BCUT2D eigenvalue weighted by molar-refractivity contribution is -0.113. The molecular formula is C19H18Cl2N4OS. The number of nitrogens with zero attached hydrogens (tertiary/aromatic N) is 3. The average Bonchev–Trinajstić information content (AvgIpc) is 3.10. The van der Waals surface area contributed by atoms with Crippen molar-refractivity contribution in [3.63, 3.8) is 0 Å². The van der Waals surface area contributed by atoms with Gasteiger partial charge in [-0.05, 0) is 25.5 Å². The number of hydrogen-bond acceptors (Lipinski definition) is 4. The monoisotopic (exact) mass is 420 g/mol. The van der Waals surface area contributed by atoms with E-state index < -0.39 is 0 Å². The van der Waals surface area contributed by atoms with Crippen LogP contribution in [0.15, 0.2) is 47.6 Å². The van der Waals surface area contributed by atoms with Crippen LogP contribution >= 0.6 is 35.0 Å². The zero-order valence-corrected chi connectivity index (χ0v) is 17.2. The Morgan fingerprint density at radius 1 is 1.15 bits per heavy atom. The van der Waals surface area contributed by atoms with E-state index in [1.165, 1.54) is 11.8 Å². The molecule has 3 aromatic rings. The summed E-state index contributed by atoms with van der Waals surface area (Å²) in [5.41, 5.74) is 2.27. The van der Waals surface area contributed by atoms with E-state index in [9.17, 15) is 4.79 Å². The largest absolute Gasteiger partial charge is 0.323 e. The highest BCUT2D eigenvalue weighted by atomic mass is 35.5. The molecule has 0 bridgehead atoms. The number of thioether (sulfide) groups is 1. The first-order valence-corrected chi connectivity index (χ1v) is 10.1. The van der Waals surface area contributed by atoms with Crippen molar-refractivity contribution in [3.8, 4) is 11.4 Å². The van der Waals surface area contributed by atoms with Crippen LogP contribution in [-0.4, -0.2) is 26.4 Å². The molecule has 0 saturated carbocycles. The van der Waals surface area contributed by atoms with Crippen molar-refractivity contribution in [2.75, 3.05) is 11.1 Å². The van der Waals surface area contributed by atoms with Crippen molar-refractivity contribution >= 4 is 46.6 Å². The molecule has 27 heavy (non-hydrogen) atoms. The van der Waals surface area contributed by atoms with E-state index in [1.54, 1.807) is 6.07 Å². The summed E-state index contributed by atoms with van der Waals surface area (Å²) in [4.78, 5) is 12.4. The molecule has 8 heteroatoms. The van der Waals surface area contributed by atoms with Crippen LogP contribution in [0.2, 0.25) is 10.0 Å². The van der Waals surface area contributed by atoms with E-state index in [-0.39, 0.29) is 11.7 Å². The van der Waals surface area contributed by atoms with E-state index in [4.69, 9.17) is 23.2 Å². The van der Waals surface area contributed by atoms with E-state index in [2.05, 4.69) is 15.5 Å². The van der Waals surface area contributed by atoms with Crippen molar-refractivity contribution < 1.29 is 4.79 Å². The number of nitrogens with one attached hydrogen (secondary N) is 1. The van der Waals surface area contributed by atoms with Crippen LogP contribution < -0.4 is 5.32 Å². The molecule has 0 atom stereocenters. The Kier molecular flexibility index (Phi) is 6.42. The number of anilines is 1. The van der Waals surface area contributed by atoms with Gasteiger partial charge in [-0.25, -0.2) is 0 Å². The van der Waals surface area contributed by atoms with Gasteiger partial charge in [0.1, 0.15) is 0 Å². The molecule has 0 aliphatic carbocycles. The molecule has 0 radical (unpaired) electrons. The minimum Gasteiger partial charge on any atom is -0.323 e. The molecule has 0 aliphatic rings. The fourth-order valence-corrected chi connectivity index (χ4v) is 3.83. The fraction of sp³-hybridized carbons (Fsp3) is 0.211. The number of aromatic nitrogens is 3. The van der Waals surface area contributed by atoms with Crippen LogP contribution in [0.1, 0.15) is 12.5 Å². The quantitative estimate of drug-likeness (QED) is 0.548. The van der Waals surface area contributed by atoms with Gasteiger partial charge in [0, 0.05) is 12.1 Å². The highest BCUT2D eigenvalue weighted by molar-refractivity contribution is 7.99. The van der Waals surface area contributed by atoms with Crippen molar-refractivity contribution in [1.82, 2.24) is 14.8 Å². The first kappa shape index (κ1) is 19.7. The van der Waals surface area contributed by atoms with Gasteiger partial charge < -0.3 is 9.88 Å². The molecule has 140 valence electrons. The Labute approximate surface area is 172 Å². The van der Waals surface area contributed by atoms with E-state index in [0.717, 1.165) is 17.0 Å². The summed E-state index contributed by atoms with van der Waals surface area (Å²) < 4.78 is 1.99. The lowest BCUT2D eigenvalue weighted by Crippen LogP contribution is -2.15. The summed E-state index contributed by atoms with van der Waals surface area (Å²) in [5, 5.41) is 12.8. The SMILES string of the molecule is CCn1c(SCC(=O)Nc2c(Cl)ccc(C)c2Cl)nnc1-c1ccccc1. The first-order valence-electron chi connectivity index (χ1n) is 8.37. The second-order valence-electron chi connectivity index (χ2n) is 5.81. The molecule has 1 N–H and O–H groups in total. The van der Waals surface area contributed by atoms with Gasteiger partial charge in [0.2, 0.25) is 5.91 Å². The number of aryl methyl sites for hydroxylation is 1. The number of benzene rings is 2. The molecule has 0 aliphatic heterocycles. The van der Waals surface area contributed by atoms with Crippen LogP contribution in [0, 0.1) is 6.92 Å². The van der Waals surface area contributed by atoms with Gasteiger partial charge in [-0.1, -0.05) is 71.4 Å². The summed E-state index contributed by atoms with van der Waals surface area (Å²) in [6.07, 6.45) is 0. The average molecular weight is 421 g/mol. The van der Waals surface area contributed by atoms with Crippen LogP contribution in [-0.2, 0) is 11.3 Å². The highest BCUT2D eigenvalue weighted by Gasteiger charge is 2.16. The highest BCUT2D eigenvalue weighted by Crippen LogP contribution is 2.33. The zero-order valence-electron chi connectivity index (χ0n) is 14.9. The molecule has 2 aromatic carbocycles. The Bertz CT molecular complexity index is 960. The third kappa shape index (κ3) is 4.46. The van der Waals surface area contributed by atoms with E-state index >= 15 is 0 Å². The minimum atomic E-state index is -0.207. The van der Waals surface area contributed by atoms with E-state index in [1.807, 2.05) is 54.8 Å². The molecule has 0 unspecified atom stereocenters. The number of rotatable bonds is 6. The Morgan fingerprint density at radius 2 is 1.89 bits per heavy atom. The van der Waals surface area contributed by atoms with Crippen LogP contribution in [0.25, 0.3) is 11.4 Å². The van der Waals surface area contributed by atoms with Gasteiger partial charge in [-0.15, -0.1) is 10.2 Å². The van der Waals surface area contributed by atoms with Gasteiger partial charge >= 0.3 is 0 Å². The van der Waals surface area contributed by atoms with Crippen molar-refractivity contribution in [3.05, 3.63) is 58.1 Å². The molecular weight excluding hydrogens is 403 g/mol. The van der Waals surface area contributed by atoms with Gasteiger partial charge in [-0.3, -0.25) is 4.79 Å². The summed E-state index contributed by atoms with van der Waals surface area (Å²) in [5.74, 6) is 0.750. The van der Waals surface area contributed by atoms with Crippen LogP contribution in [0.3, 0.4) is 0 Å². The summed E-state index contributed by atoms with van der Waals surface area (Å²) in [7, 11) is 0. The number of carbonyl (C=O) groups excluding carboxylic acids is 1. The molecule has 1 amide bonds. The zero-order chi connectivity index (χ0) is 19.4. The normalized spacial score (nSPS) is 10.8. The second kappa shape index (κ2) is 8.78. The van der Waals surface area contributed by atoms with Crippen molar-refractivity contribution in [1.29, 1.82) is 0 Å². The molecule has 1 heterocycles. The molecule has 5 nitrogen and oxygen atoms in total. The second-order valence-corrected chi connectivity index (χ2v) is 7.53. The molecule has 0 fully saturated rings. The Hall–Kier alpha value is -2.02. The lowest BCUT2D eigenvalue weighted by Gasteiger charge is -2.11. The van der Waals surface area contributed by atoms with Gasteiger partial charge in [0.25, 0.3) is 0 Å². The van der Waals surface area contributed by atoms with Crippen LogP contribution in [0.4, 0.5) is 5.69 Å². The maximum Gasteiger partial charge on any atom is 0.234 e. The standard InChI is InChI=1S/C19H18Cl2N4OS/c1-3-25-18(13-7-5-4-6-8-13)23-24-19(25)27-11-15(26)22-17-14(20)10-9-12(2)16(17)21/h4-10H,3,11H2,1-2H3,(H,22,26).